The van der Waals surface area contributed by atoms with E-state index in [1.54, 1.807) is 0 Å². The molecule has 9 aromatic rings. The summed E-state index contributed by atoms with van der Waals surface area (Å²) in [7, 11) is 0. The second-order valence-electron chi connectivity index (χ2n) is 34.5. The Hall–Kier alpha value is -8.47. The van der Waals surface area contributed by atoms with Crippen LogP contribution < -0.4 is 62.2 Å². The van der Waals surface area contributed by atoms with Crippen molar-refractivity contribution in [2.24, 2.45) is 0 Å². The summed E-state index contributed by atoms with van der Waals surface area (Å²) in [6.07, 6.45) is 49.5. The maximum absolute atomic E-state index is 14.1. The lowest BCUT2D eigenvalue weighted by atomic mass is 9.93. The van der Waals surface area contributed by atoms with Crippen LogP contribution in [-0.2, 0) is 17.9 Å². The first-order valence-electron chi connectivity index (χ1n) is 49.9. The fraction of sp³-hybridized carbons (Fsp3) is 0.636. The zero-order chi connectivity index (χ0) is 87.4. The number of aryl methyl sites for hydroxylation is 1. The van der Waals surface area contributed by atoms with Crippen LogP contribution in [0.25, 0.3) is 64.6 Å². The zero-order valence-electron chi connectivity index (χ0n) is 78.7. The van der Waals surface area contributed by atoms with Crippen LogP contribution in [-0.4, -0.2) is 100 Å². The van der Waals surface area contributed by atoms with Crippen LogP contribution >= 0.6 is 0 Å². The monoisotopic (exact) mass is 1710 g/mol. The van der Waals surface area contributed by atoms with Crippen LogP contribution in [0.5, 0.6) is 69.0 Å². The van der Waals surface area contributed by atoms with Crippen molar-refractivity contribution in [1.82, 2.24) is 20.3 Å². The number of benzene rings is 8. The molecule has 0 saturated heterocycles. The molecule has 0 aliphatic rings. The van der Waals surface area contributed by atoms with Gasteiger partial charge in [-0.3, -0.25) is 9.48 Å². The number of ether oxygens (including phenoxy) is 12. The second-order valence-corrected chi connectivity index (χ2v) is 34.5. The van der Waals surface area contributed by atoms with Gasteiger partial charge in [0.25, 0.3) is 5.91 Å². The van der Waals surface area contributed by atoms with Gasteiger partial charge in [-0.15, -0.1) is 5.10 Å². The Balaban J connectivity index is 0.934. The minimum absolute atomic E-state index is 0.198. The molecule has 0 aliphatic carbocycles. The van der Waals surface area contributed by atoms with Gasteiger partial charge < -0.3 is 62.2 Å². The van der Waals surface area contributed by atoms with E-state index in [1.807, 2.05) is 10.9 Å². The molecule has 124 heavy (non-hydrogen) atoms. The number of unbranched alkanes of at least 4 members (excludes halogenated alkanes) is 33. The van der Waals surface area contributed by atoms with Gasteiger partial charge in [-0.2, -0.15) is 0 Å². The van der Waals surface area contributed by atoms with Gasteiger partial charge in [0.2, 0.25) is 0 Å². The molecular formula is C107H160N4O13. The van der Waals surface area contributed by atoms with Crippen molar-refractivity contribution < 1.29 is 61.6 Å². The summed E-state index contributed by atoms with van der Waals surface area (Å²) in [4.78, 5) is 14.1. The van der Waals surface area contributed by atoms with E-state index in [0.29, 0.717) is 96.4 Å². The highest BCUT2D eigenvalue weighted by Gasteiger charge is 2.25. The van der Waals surface area contributed by atoms with Gasteiger partial charge in [0.1, 0.15) is 5.69 Å². The Morgan fingerprint density at radius 3 is 0.589 bits per heavy atom. The lowest BCUT2D eigenvalue weighted by molar-refractivity contribution is -0.123. The minimum atomic E-state index is -0.285. The SMILES string of the molecule is CCCCCCOc1cc2c3cc(OCCCCCC)c(OCCCCCC)cc3c3cc(OCCCCCCn4cc(CNC(=O)COc5cc6c7cc(OCCCCCC)c(OCCCCCC)cc7c7cc(OCCCCCC)c(OCCCCCC)cc7c6cc5OCCCCCC)nn4)c(OCCCCCC)cc3c2cc1OCCCCCC. The largest absolute Gasteiger partial charge is 0.490 e. The fourth-order valence-electron chi connectivity index (χ4n) is 16.3. The highest BCUT2D eigenvalue weighted by molar-refractivity contribution is 6.28. The molecule has 9 rings (SSSR count). The number of hydrogen-bond acceptors (Lipinski definition) is 15. The molecule has 1 aromatic heterocycles. The normalized spacial score (nSPS) is 11.6. The van der Waals surface area contributed by atoms with Crippen molar-refractivity contribution >= 4 is 70.5 Å². The quantitative estimate of drug-likeness (QED) is 0.0282. The standard InChI is InChI=1S/C107H160N4O13/c1-11-21-31-44-56-113-95-67-83-84-68-96(114-57-45-32-22-12-2)98(116-59-47-34-24-14-4)70-86(84)88-73-104(102(120-63-51-38-28-18-8)71-87(88)85(83)69-97(95)115-58-46-33-23-13-3)122-66-54-42-41-43-55-111-80-82(109-110-111)79-108-107(112)81-124-106-78-94-92-76-103(121-64-52-39-29-19-9)100(118-61-49-36-26-16-6)74-90(92)89-72-99(117-60-48-35-25-15-5)101(119-62-50-37-27-17-7)75-91(89)93(94)77-105(106)123-65-53-40-30-20-10/h67-78,80H,11-66,79,81H2,1-10H3,(H,108,112). The molecular weight excluding hydrogens is 1550 g/mol. The molecule has 0 aliphatic heterocycles. The van der Waals surface area contributed by atoms with E-state index >= 15 is 0 Å². The van der Waals surface area contributed by atoms with Crippen LogP contribution in [0.15, 0.2) is 79.0 Å². The number of fused-ring (bicyclic) bond motifs is 12. The Morgan fingerprint density at radius 1 is 0.234 bits per heavy atom. The molecule has 0 spiro atoms. The maximum atomic E-state index is 14.1. The van der Waals surface area contributed by atoms with Crippen LogP contribution in [0.4, 0.5) is 0 Å². The summed E-state index contributed by atoms with van der Waals surface area (Å²) in [5.74, 6) is 8.28. The summed E-state index contributed by atoms with van der Waals surface area (Å²) in [6.45, 7) is 29.5. The first kappa shape index (κ1) is 99.3. The fourth-order valence-corrected chi connectivity index (χ4v) is 16.3. The van der Waals surface area contributed by atoms with Gasteiger partial charge in [0.15, 0.2) is 75.6 Å². The molecule has 0 atom stereocenters. The molecule has 0 fully saturated rings. The number of amides is 1. The topological polar surface area (TPSA) is 171 Å². The van der Waals surface area contributed by atoms with Gasteiger partial charge in [0.05, 0.1) is 85.4 Å². The Labute approximate surface area is 746 Å². The molecule has 1 N–H and O–H groups in total. The van der Waals surface area contributed by atoms with Gasteiger partial charge in [-0.25, -0.2) is 0 Å². The van der Waals surface area contributed by atoms with Crippen molar-refractivity contribution in [2.45, 2.75) is 365 Å². The van der Waals surface area contributed by atoms with E-state index in [1.165, 1.54) is 51.4 Å². The number of carbonyl (C=O) groups excluding carboxylic acids is 1. The predicted octanol–water partition coefficient (Wildman–Crippen LogP) is 30.1. The van der Waals surface area contributed by atoms with Gasteiger partial charge in [-0.05, 0) is 221 Å². The molecule has 1 amide bonds. The van der Waals surface area contributed by atoms with Crippen molar-refractivity contribution in [3.8, 4) is 69.0 Å². The van der Waals surface area contributed by atoms with Gasteiger partial charge in [-0.1, -0.05) is 273 Å². The first-order chi connectivity index (χ1) is 61.1. The molecule has 17 nitrogen and oxygen atoms in total. The third kappa shape index (κ3) is 32.4. The number of hydrogen-bond donors (Lipinski definition) is 1. The summed E-state index contributed by atoms with van der Waals surface area (Å²) >= 11 is 0. The number of nitrogens with zero attached hydrogens (tertiary/aromatic N) is 3. The third-order valence-corrected chi connectivity index (χ3v) is 23.7. The van der Waals surface area contributed by atoms with E-state index in [2.05, 4.69) is 158 Å². The van der Waals surface area contributed by atoms with E-state index in [4.69, 9.17) is 56.8 Å². The molecule has 0 saturated carbocycles. The number of aromatic nitrogens is 3. The van der Waals surface area contributed by atoms with E-state index in [0.717, 1.165) is 353 Å². The Bertz CT molecular complexity index is 4420. The van der Waals surface area contributed by atoms with Crippen molar-refractivity contribution in [3.63, 3.8) is 0 Å². The van der Waals surface area contributed by atoms with Crippen LogP contribution in [0.1, 0.15) is 357 Å². The summed E-state index contributed by atoms with van der Waals surface area (Å²) in [5, 5.41) is 24.4. The molecule has 686 valence electrons. The van der Waals surface area contributed by atoms with E-state index < -0.39 is 0 Å². The molecule has 0 bridgehead atoms. The lowest BCUT2D eigenvalue weighted by Crippen LogP contribution is -2.28. The molecule has 1 heterocycles. The Kier molecular flexibility index (Phi) is 47.0. The maximum Gasteiger partial charge on any atom is 0.258 e. The summed E-state index contributed by atoms with van der Waals surface area (Å²) in [6, 6.07) is 26.2. The molecule has 0 radical (unpaired) electrons. The third-order valence-electron chi connectivity index (χ3n) is 23.7. The smallest absolute Gasteiger partial charge is 0.258 e. The number of carbonyl (C=O) groups is 1. The highest BCUT2D eigenvalue weighted by atomic mass is 16.5. The van der Waals surface area contributed by atoms with E-state index in [-0.39, 0.29) is 19.1 Å². The number of rotatable bonds is 73. The van der Waals surface area contributed by atoms with Crippen molar-refractivity contribution in [3.05, 3.63) is 84.7 Å². The molecule has 17 heteroatoms. The van der Waals surface area contributed by atoms with Crippen LogP contribution in [0.3, 0.4) is 0 Å². The lowest BCUT2D eigenvalue weighted by Gasteiger charge is -2.21. The highest BCUT2D eigenvalue weighted by Crippen LogP contribution is 2.50. The minimum Gasteiger partial charge on any atom is -0.490 e. The Morgan fingerprint density at radius 2 is 0.403 bits per heavy atom. The second kappa shape index (κ2) is 58.7. The average Bonchev–Trinajstić information content (AvgIpc) is 0.763. The molecule has 0 unspecified atom stereocenters. The van der Waals surface area contributed by atoms with Crippen LogP contribution in [0, 0.1) is 0 Å². The van der Waals surface area contributed by atoms with Crippen LogP contribution in [0.2, 0.25) is 0 Å². The molecule has 8 aromatic carbocycles. The summed E-state index contributed by atoms with van der Waals surface area (Å²) in [5.41, 5.74) is 0.666. The first-order valence-corrected chi connectivity index (χ1v) is 49.9. The predicted molar refractivity (Wildman–Crippen MR) is 516 cm³/mol. The summed E-state index contributed by atoms with van der Waals surface area (Å²) < 4.78 is 83.2. The van der Waals surface area contributed by atoms with E-state index in [9.17, 15) is 4.79 Å². The van der Waals surface area contributed by atoms with Crippen molar-refractivity contribution in [2.75, 3.05) is 79.3 Å². The van der Waals surface area contributed by atoms with Gasteiger partial charge >= 0.3 is 0 Å². The number of nitrogens with one attached hydrogen (secondary N) is 1. The average molecular weight is 1710 g/mol. The van der Waals surface area contributed by atoms with Crippen molar-refractivity contribution in [1.29, 1.82) is 0 Å². The zero-order valence-corrected chi connectivity index (χ0v) is 78.7. The van der Waals surface area contributed by atoms with Gasteiger partial charge in [0, 0.05) is 6.54 Å².